The Bertz CT molecular complexity index is 2560. The van der Waals surface area contributed by atoms with Gasteiger partial charge in [-0.2, -0.15) is 0 Å². The van der Waals surface area contributed by atoms with Crippen molar-refractivity contribution in [2.45, 2.75) is 31.3 Å². The van der Waals surface area contributed by atoms with E-state index in [1.165, 1.54) is 69.5 Å². The number of hydrogen-bond donors (Lipinski definition) is 3. The number of para-hydroxylation sites is 1. The van der Waals surface area contributed by atoms with E-state index in [1.807, 2.05) is 11.3 Å². The van der Waals surface area contributed by atoms with Gasteiger partial charge in [0.25, 0.3) is 0 Å². The predicted molar refractivity (Wildman–Crippen MR) is 203 cm³/mol. The van der Waals surface area contributed by atoms with Crippen molar-refractivity contribution in [3.8, 4) is 5.69 Å². The first kappa shape index (κ1) is 28.0. The zero-order chi connectivity index (χ0) is 31.6. The maximum atomic E-state index is 3.86. The monoisotopic (exact) mass is 638 g/mol. The second kappa shape index (κ2) is 11.3. The fourth-order valence-corrected chi connectivity index (χ4v) is 9.17. The van der Waals surface area contributed by atoms with Crippen molar-refractivity contribution in [1.82, 2.24) is 20.5 Å². The lowest BCUT2D eigenvalue weighted by Crippen LogP contribution is -2.59. The molecule has 5 heteroatoms. The van der Waals surface area contributed by atoms with Crippen LogP contribution in [0, 0.1) is 0 Å². The molecule has 0 bridgehead atoms. The van der Waals surface area contributed by atoms with Gasteiger partial charge in [0.15, 0.2) is 0 Å². The van der Waals surface area contributed by atoms with E-state index in [0.717, 1.165) is 18.5 Å². The van der Waals surface area contributed by atoms with Crippen molar-refractivity contribution in [2.75, 3.05) is 0 Å². The molecule has 3 N–H and O–H groups in total. The average Bonchev–Trinajstić information content (AvgIpc) is 3.72. The molecular weight excluding hydrogens is 605 g/mol. The van der Waals surface area contributed by atoms with Crippen molar-refractivity contribution in [2.24, 2.45) is 0 Å². The molecule has 1 aliphatic heterocycles. The number of allylic oxidation sites excluding steroid dienone is 2. The van der Waals surface area contributed by atoms with Crippen LogP contribution in [0.4, 0.5) is 0 Å². The molecule has 1 saturated heterocycles. The van der Waals surface area contributed by atoms with Crippen LogP contribution < -0.4 is 16.0 Å². The molecule has 3 unspecified atom stereocenters. The van der Waals surface area contributed by atoms with Gasteiger partial charge in [0.1, 0.15) is 0 Å². The minimum atomic E-state index is -0.0255. The predicted octanol–water partition coefficient (Wildman–Crippen LogP) is 10.4. The van der Waals surface area contributed by atoms with Gasteiger partial charge in [0, 0.05) is 47.4 Å². The molecule has 0 saturated carbocycles. The summed E-state index contributed by atoms with van der Waals surface area (Å²) in [5, 5.41) is 19.5. The number of fused-ring (bicyclic) bond motifs is 10. The number of thiophene rings is 1. The molecule has 0 amide bonds. The quantitative estimate of drug-likeness (QED) is 0.180. The van der Waals surface area contributed by atoms with Crippen LogP contribution in [0.15, 0.2) is 151 Å². The maximum absolute atomic E-state index is 3.86. The lowest BCUT2D eigenvalue weighted by atomic mass is 9.99. The molecule has 3 atom stereocenters. The highest BCUT2D eigenvalue weighted by Gasteiger charge is 2.30. The summed E-state index contributed by atoms with van der Waals surface area (Å²) < 4.78 is 5.19. The Balaban J connectivity index is 1.14. The fraction of sp³-hybridized carbons (Fsp3) is 0.116. The largest absolute Gasteiger partial charge is 0.309 e. The number of nitrogens with one attached hydrogen (secondary N) is 3. The Morgan fingerprint density at radius 1 is 0.542 bits per heavy atom. The Kier molecular flexibility index (Phi) is 6.59. The van der Waals surface area contributed by atoms with Crippen LogP contribution in [0.1, 0.15) is 36.3 Å². The van der Waals surface area contributed by atoms with E-state index in [0.29, 0.717) is 0 Å². The number of nitrogens with zero attached hydrogens (tertiary/aromatic N) is 1. The number of hydrogen-bond acceptors (Lipinski definition) is 4. The molecule has 4 nitrogen and oxygen atoms in total. The molecule has 232 valence electrons. The summed E-state index contributed by atoms with van der Waals surface area (Å²) in [6, 6.07) is 46.6. The fourth-order valence-electron chi connectivity index (χ4n) is 7.92. The first-order chi connectivity index (χ1) is 23.8. The number of benzene rings is 6. The normalized spacial score (nSPS) is 19.9. The second-order valence-corrected chi connectivity index (χ2v) is 14.0. The van der Waals surface area contributed by atoms with Crippen molar-refractivity contribution in [3.05, 3.63) is 162 Å². The Morgan fingerprint density at radius 2 is 1.19 bits per heavy atom. The minimum Gasteiger partial charge on any atom is -0.309 e. The van der Waals surface area contributed by atoms with Crippen LogP contribution in [0.2, 0.25) is 0 Å². The summed E-state index contributed by atoms with van der Waals surface area (Å²) in [5.74, 6) is 0. The molecule has 0 spiro atoms. The van der Waals surface area contributed by atoms with Gasteiger partial charge in [-0.25, -0.2) is 0 Å². The molecule has 3 heterocycles. The molecule has 6 aromatic carbocycles. The molecule has 8 aromatic rings. The third-order valence-electron chi connectivity index (χ3n) is 10.1. The molecule has 1 fully saturated rings. The van der Waals surface area contributed by atoms with Gasteiger partial charge in [0.05, 0.1) is 29.5 Å². The third-order valence-corrected chi connectivity index (χ3v) is 11.3. The maximum Gasteiger partial charge on any atom is 0.0864 e. The minimum absolute atomic E-state index is 0.0184. The topological polar surface area (TPSA) is 41.0 Å². The van der Waals surface area contributed by atoms with Crippen molar-refractivity contribution >= 4 is 64.1 Å². The van der Waals surface area contributed by atoms with Gasteiger partial charge in [-0.3, -0.25) is 16.0 Å². The van der Waals surface area contributed by atoms with E-state index >= 15 is 0 Å². The van der Waals surface area contributed by atoms with E-state index in [9.17, 15) is 0 Å². The highest BCUT2D eigenvalue weighted by Crippen LogP contribution is 2.47. The van der Waals surface area contributed by atoms with Crippen LogP contribution in [0.5, 0.6) is 0 Å². The molecule has 2 aliphatic rings. The lowest BCUT2D eigenvalue weighted by Gasteiger charge is -2.40. The van der Waals surface area contributed by atoms with Gasteiger partial charge < -0.3 is 4.57 Å². The average molecular weight is 639 g/mol. The Hall–Kier alpha value is -5.04. The van der Waals surface area contributed by atoms with Gasteiger partial charge >= 0.3 is 0 Å². The number of rotatable bonds is 4. The van der Waals surface area contributed by atoms with Gasteiger partial charge in [-0.1, -0.05) is 121 Å². The lowest BCUT2D eigenvalue weighted by molar-refractivity contribution is 0.224. The molecular formula is C43H34N4S. The van der Waals surface area contributed by atoms with Gasteiger partial charge in [-0.15, -0.1) is 11.3 Å². The Morgan fingerprint density at radius 3 is 1.96 bits per heavy atom. The molecule has 10 rings (SSSR count). The smallest absolute Gasteiger partial charge is 0.0864 e. The Labute approximate surface area is 283 Å². The zero-order valence-corrected chi connectivity index (χ0v) is 27.2. The standard InChI is InChI=1S/C43H34N4S/c1-3-13-27(14-4-1)41-44-42(28-15-5-2-6-16-28)46-43(45-41)29-23-25-30(26-24-29)47-35-21-11-9-19-33(35)37-38-34-20-10-12-22-36(34)48-40(38)32-18-8-7-17-31(32)39(37)47/h1,3-5,7-26,41-46H,2,6H2. The zero-order valence-electron chi connectivity index (χ0n) is 26.4. The van der Waals surface area contributed by atoms with Crippen LogP contribution in [-0.2, 0) is 0 Å². The van der Waals surface area contributed by atoms with E-state index in [4.69, 9.17) is 0 Å². The molecule has 0 radical (unpaired) electrons. The highest BCUT2D eigenvalue weighted by atomic mass is 32.1. The van der Waals surface area contributed by atoms with E-state index in [1.54, 1.807) is 0 Å². The van der Waals surface area contributed by atoms with Crippen molar-refractivity contribution in [3.63, 3.8) is 0 Å². The third kappa shape index (κ3) is 4.40. The number of aromatic nitrogens is 1. The summed E-state index contributed by atoms with van der Waals surface area (Å²) in [7, 11) is 0. The summed E-state index contributed by atoms with van der Waals surface area (Å²) in [6.07, 6.45) is 9.13. The summed E-state index contributed by atoms with van der Waals surface area (Å²) in [5.41, 5.74) is 7.41. The van der Waals surface area contributed by atoms with Crippen LogP contribution in [0.3, 0.4) is 0 Å². The molecule has 48 heavy (non-hydrogen) atoms. The van der Waals surface area contributed by atoms with E-state index in [2.05, 4.69) is 166 Å². The van der Waals surface area contributed by atoms with Crippen molar-refractivity contribution < 1.29 is 0 Å². The SMILES string of the molecule is C1=CC(C2NC(c3ccccc3)NC(c3ccc(-n4c5ccccc5c5c6c7ccccc7sc6c6ccccc6c54)cc3)N2)=CCC1. The van der Waals surface area contributed by atoms with Crippen molar-refractivity contribution in [1.29, 1.82) is 0 Å². The van der Waals surface area contributed by atoms with E-state index in [-0.39, 0.29) is 18.5 Å². The summed E-state index contributed by atoms with van der Waals surface area (Å²) in [4.78, 5) is 0. The molecule has 2 aromatic heterocycles. The van der Waals surface area contributed by atoms with Crippen LogP contribution >= 0.6 is 11.3 Å². The summed E-state index contributed by atoms with van der Waals surface area (Å²) in [6.45, 7) is 0. The highest BCUT2D eigenvalue weighted by molar-refractivity contribution is 7.27. The molecule has 1 aliphatic carbocycles. The summed E-state index contributed by atoms with van der Waals surface area (Å²) >= 11 is 1.91. The first-order valence-corrected chi connectivity index (χ1v) is 17.7. The van der Waals surface area contributed by atoms with E-state index < -0.39 is 0 Å². The van der Waals surface area contributed by atoms with Gasteiger partial charge in [-0.05, 0) is 53.8 Å². The van der Waals surface area contributed by atoms with Gasteiger partial charge in [0.2, 0.25) is 0 Å². The van der Waals surface area contributed by atoms with Crippen LogP contribution in [0.25, 0.3) is 58.4 Å². The second-order valence-electron chi connectivity index (χ2n) is 12.9. The van der Waals surface area contributed by atoms with Crippen LogP contribution in [-0.4, -0.2) is 10.7 Å². The first-order valence-electron chi connectivity index (χ1n) is 16.9.